The number of pyridine rings is 1. The Bertz CT molecular complexity index is 853. The Balaban J connectivity index is 1.57. The maximum atomic E-state index is 12.8. The summed E-state index contributed by atoms with van der Waals surface area (Å²) in [6, 6.07) is 2.70. The third kappa shape index (κ3) is 5.11. The zero-order chi connectivity index (χ0) is 20.8. The minimum atomic E-state index is -0.686. The Hall–Kier alpha value is -2.94. The summed E-state index contributed by atoms with van der Waals surface area (Å²) in [6.07, 6.45) is 5.89. The summed E-state index contributed by atoms with van der Waals surface area (Å²) in [5, 5.41) is 13.2. The number of aliphatic hydroxyl groups excluding tert-OH is 1. The van der Waals surface area contributed by atoms with Crippen molar-refractivity contribution in [1.29, 1.82) is 0 Å². The second kappa shape index (κ2) is 9.51. The van der Waals surface area contributed by atoms with E-state index in [-0.39, 0.29) is 24.8 Å². The van der Waals surface area contributed by atoms with Crippen LogP contribution in [0.2, 0.25) is 0 Å². The van der Waals surface area contributed by atoms with Gasteiger partial charge in [0.2, 0.25) is 11.8 Å². The van der Waals surface area contributed by atoms with Gasteiger partial charge in [-0.25, -0.2) is 9.97 Å². The van der Waals surface area contributed by atoms with Crippen molar-refractivity contribution >= 4 is 11.8 Å². The standard InChI is InChI=1S/C20H27N5O4/c1-3-17-21-8-11-24(17)10-6-18(27)23-15-13-25(9-5-16(15)26)20(28)14-4-7-22-19(12-14)29-2/h4,7-8,11-12,15-16,26H,3,5-6,9-10,13H2,1-2H3,(H,23,27)/t15-,16+/m1/s1. The van der Waals surface area contributed by atoms with Crippen LogP contribution in [0.15, 0.2) is 30.7 Å². The van der Waals surface area contributed by atoms with E-state index >= 15 is 0 Å². The van der Waals surface area contributed by atoms with Gasteiger partial charge >= 0.3 is 0 Å². The maximum Gasteiger partial charge on any atom is 0.254 e. The number of ether oxygens (including phenoxy) is 1. The first-order valence-corrected chi connectivity index (χ1v) is 9.78. The van der Waals surface area contributed by atoms with E-state index in [1.807, 2.05) is 17.7 Å². The SMILES string of the molecule is CCc1nccn1CCC(=O)N[C@@H]1CN(C(=O)c2ccnc(OC)c2)CC[C@@H]1O. The van der Waals surface area contributed by atoms with Gasteiger partial charge in [0.1, 0.15) is 5.82 Å². The predicted molar refractivity (Wildman–Crippen MR) is 105 cm³/mol. The molecular formula is C20H27N5O4. The number of nitrogens with zero attached hydrogens (tertiary/aromatic N) is 4. The van der Waals surface area contributed by atoms with E-state index in [4.69, 9.17) is 4.74 Å². The molecule has 9 heteroatoms. The number of aliphatic hydroxyl groups is 1. The molecule has 1 saturated heterocycles. The molecule has 1 aliphatic rings. The average molecular weight is 401 g/mol. The molecule has 0 radical (unpaired) electrons. The molecule has 2 aromatic heterocycles. The number of amides is 2. The quantitative estimate of drug-likeness (QED) is 0.704. The van der Waals surface area contributed by atoms with E-state index < -0.39 is 12.1 Å². The summed E-state index contributed by atoms with van der Waals surface area (Å²) in [7, 11) is 1.49. The third-order valence-electron chi connectivity index (χ3n) is 5.10. The van der Waals surface area contributed by atoms with Gasteiger partial charge in [-0.15, -0.1) is 0 Å². The molecule has 0 unspecified atom stereocenters. The first kappa shape index (κ1) is 20.8. The summed E-state index contributed by atoms with van der Waals surface area (Å²) in [6.45, 7) is 3.21. The molecule has 0 spiro atoms. The number of piperidine rings is 1. The second-order valence-electron chi connectivity index (χ2n) is 7.01. The minimum absolute atomic E-state index is 0.162. The molecule has 0 bridgehead atoms. The number of likely N-dealkylation sites (tertiary alicyclic amines) is 1. The molecule has 3 rings (SSSR count). The molecule has 2 amide bonds. The highest BCUT2D eigenvalue weighted by Gasteiger charge is 2.31. The zero-order valence-electron chi connectivity index (χ0n) is 16.7. The zero-order valence-corrected chi connectivity index (χ0v) is 16.7. The number of hydrogen-bond donors (Lipinski definition) is 2. The fourth-order valence-corrected chi connectivity index (χ4v) is 3.46. The van der Waals surface area contributed by atoms with Crippen LogP contribution < -0.4 is 10.1 Å². The van der Waals surface area contributed by atoms with Crippen LogP contribution in [0.4, 0.5) is 0 Å². The highest BCUT2D eigenvalue weighted by Crippen LogP contribution is 2.17. The summed E-state index contributed by atoms with van der Waals surface area (Å²) in [4.78, 5) is 35.1. The van der Waals surface area contributed by atoms with Gasteiger partial charge in [-0.1, -0.05) is 6.92 Å². The number of nitrogens with one attached hydrogen (secondary N) is 1. The van der Waals surface area contributed by atoms with Crippen LogP contribution in [0.5, 0.6) is 5.88 Å². The van der Waals surface area contributed by atoms with Crippen molar-refractivity contribution in [2.45, 2.75) is 44.9 Å². The second-order valence-corrected chi connectivity index (χ2v) is 7.01. The van der Waals surface area contributed by atoms with Crippen molar-refractivity contribution in [3.63, 3.8) is 0 Å². The van der Waals surface area contributed by atoms with E-state index in [0.717, 1.165) is 12.2 Å². The van der Waals surface area contributed by atoms with Crippen LogP contribution in [-0.2, 0) is 17.8 Å². The van der Waals surface area contributed by atoms with Gasteiger partial charge in [0.15, 0.2) is 0 Å². The molecule has 0 aliphatic carbocycles. The van der Waals surface area contributed by atoms with Gasteiger partial charge in [-0.3, -0.25) is 9.59 Å². The lowest BCUT2D eigenvalue weighted by Crippen LogP contribution is -2.56. The maximum absolute atomic E-state index is 12.8. The Morgan fingerprint density at radius 3 is 2.93 bits per heavy atom. The van der Waals surface area contributed by atoms with Crippen molar-refractivity contribution in [1.82, 2.24) is 24.8 Å². The number of rotatable bonds is 7. The lowest BCUT2D eigenvalue weighted by molar-refractivity contribution is -0.123. The highest BCUT2D eigenvalue weighted by atomic mass is 16.5. The molecule has 3 heterocycles. The number of aryl methyl sites for hydroxylation is 2. The summed E-state index contributed by atoms with van der Waals surface area (Å²) < 4.78 is 7.02. The fourth-order valence-electron chi connectivity index (χ4n) is 3.46. The summed E-state index contributed by atoms with van der Waals surface area (Å²) >= 11 is 0. The highest BCUT2D eigenvalue weighted by molar-refractivity contribution is 5.94. The number of carbonyl (C=O) groups is 2. The van der Waals surface area contributed by atoms with Gasteiger partial charge in [0.25, 0.3) is 5.91 Å². The van der Waals surface area contributed by atoms with Crippen molar-refractivity contribution in [2.75, 3.05) is 20.2 Å². The van der Waals surface area contributed by atoms with Crippen LogP contribution in [0.1, 0.15) is 35.9 Å². The largest absolute Gasteiger partial charge is 0.481 e. The molecule has 1 aliphatic heterocycles. The van der Waals surface area contributed by atoms with Gasteiger partial charge in [0.05, 0.1) is 19.3 Å². The third-order valence-corrected chi connectivity index (χ3v) is 5.10. The Morgan fingerprint density at radius 1 is 1.34 bits per heavy atom. The van der Waals surface area contributed by atoms with Gasteiger partial charge in [0, 0.05) is 62.7 Å². The van der Waals surface area contributed by atoms with E-state index in [1.54, 1.807) is 23.2 Å². The molecule has 2 aromatic rings. The molecule has 29 heavy (non-hydrogen) atoms. The number of imidazole rings is 1. The Kier molecular flexibility index (Phi) is 6.82. The monoisotopic (exact) mass is 401 g/mol. The molecule has 0 saturated carbocycles. The first-order chi connectivity index (χ1) is 14.0. The number of hydrogen-bond acceptors (Lipinski definition) is 6. The Labute approximate surface area is 169 Å². The predicted octanol–water partition coefficient (Wildman–Crippen LogP) is 0.631. The van der Waals surface area contributed by atoms with Crippen LogP contribution in [0.25, 0.3) is 0 Å². The smallest absolute Gasteiger partial charge is 0.254 e. The molecule has 1 fully saturated rings. The van der Waals surface area contributed by atoms with Crippen molar-refractivity contribution in [2.24, 2.45) is 0 Å². The minimum Gasteiger partial charge on any atom is -0.481 e. The lowest BCUT2D eigenvalue weighted by atomic mass is 10.0. The van der Waals surface area contributed by atoms with Crippen LogP contribution in [0, 0.1) is 0 Å². The molecular weight excluding hydrogens is 374 g/mol. The van der Waals surface area contributed by atoms with Crippen molar-refractivity contribution in [3.8, 4) is 5.88 Å². The normalized spacial score (nSPS) is 19.1. The van der Waals surface area contributed by atoms with Gasteiger partial charge < -0.3 is 24.6 Å². The van der Waals surface area contributed by atoms with Crippen LogP contribution in [-0.4, -0.2) is 68.7 Å². The molecule has 0 aromatic carbocycles. The van der Waals surface area contributed by atoms with E-state index in [0.29, 0.717) is 31.0 Å². The van der Waals surface area contributed by atoms with E-state index in [2.05, 4.69) is 15.3 Å². The fraction of sp³-hybridized carbons (Fsp3) is 0.500. The van der Waals surface area contributed by atoms with Crippen molar-refractivity contribution in [3.05, 3.63) is 42.1 Å². The van der Waals surface area contributed by atoms with E-state index in [9.17, 15) is 14.7 Å². The van der Waals surface area contributed by atoms with E-state index in [1.165, 1.54) is 13.3 Å². The van der Waals surface area contributed by atoms with Crippen LogP contribution in [0.3, 0.4) is 0 Å². The molecule has 9 nitrogen and oxygen atoms in total. The lowest BCUT2D eigenvalue weighted by Gasteiger charge is -2.36. The first-order valence-electron chi connectivity index (χ1n) is 9.78. The molecule has 2 N–H and O–H groups in total. The number of aromatic nitrogens is 3. The van der Waals surface area contributed by atoms with Crippen LogP contribution >= 0.6 is 0 Å². The Morgan fingerprint density at radius 2 is 2.17 bits per heavy atom. The van der Waals surface area contributed by atoms with Gasteiger partial charge in [-0.05, 0) is 12.5 Å². The summed E-state index contributed by atoms with van der Waals surface area (Å²) in [5.74, 6) is 0.955. The topological polar surface area (TPSA) is 110 Å². The van der Waals surface area contributed by atoms with Gasteiger partial charge in [-0.2, -0.15) is 0 Å². The van der Waals surface area contributed by atoms with Crippen molar-refractivity contribution < 1.29 is 19.4 Å². The average Bonchev–Trinajstić information content (AvgIpc) is 3.21. The summed E-state index contributed by atoms with van der Waals surface area (Å²) in [5.41, 5.74) is 0.463. The molecule has 156 valence electrons. The number of methoxy groups -OCH3 is 1. The number of carbonyl (C=O) groups excluding carboxylic acids is 2. The molecule has 2 atom stereocenters.